The van der Waals surface area contributed by atoms with Crippen LogP contribution >= 0.6 is 0 Å². The summed E-state index contributed by atoms with van der Waals surface area (Å²) in [6, 6.07) is 16.9. The molecule has 36 heavy (non-hydrogen) atoms. The van der Waals surface area contributed by atoms with Gasteiger partial charge in [-0.05, 0) is 93.3 Å². The molecule has 2 aliphatic rings. The van der Waals surface area contributed by atoms with Crippen LogP contribution in [0, 0.1) is 20.8 Å². The second-order valence-corrected chi connectivity index (χ2v) is 10.6. The van der Waals surface area contributed by atoms with E-state index in [4.69, 9.17) is 14.2 Å². The Kier molecular flexibility index (Phi) is 6.27. The molecule has 190 valence electrons. The molecule has 0 spiro atoms. The second kappa shape index (κ2) is 9.27. The molecule has 1 atom stereocenters. The van der Waals surface area contributed by atoms with Crippen molar-refractivity contribution >= 4 is 11.4 Å². The SMILES string of the molecule is COc1ccc(C2c3c(C)c(N4CCN(c5ccc(OC)cc5)CC4)c(C)c(C)c3OC2(C)C)cc1. The smallest absolute Gasteiger partial charge is 0.127 e. The number of methoxy groups -OCH3 is 2. The van der Waals surface area contributed by atoms with Crippen molar-refractivity contribution in [2.24, 2.45) is 0 Å². The summed E-state index contributed by atoms with van der Waals surface area (Å²) in [5.41, 5.74) is 8.83. The fraction of sp³-hybridized carbons (Fsp3) is 0.419. The minimum absolute atomic E-state index is 0.164. The van der Waals surface area contributed by atoms with Crippen LogP contribution in [0.5, 0.6) is 17.2 Å². The average Bonchev–Trinajstić information content (AvgIpc) is 3.19. The normalized spacial score (nSPS) is 18.6. The first-order valence-electron chi connectivity index (χ1n) is 12.9. The van der Waals surface area contributed by atoms with E-state index in [0.717, 1.165) is 43.4 Å². The largest absolute Gasteiger partial charge is 0.497 e. The zero-order chi connectivity index (χ0) is 25.6. The van der Waals surface area contributed by atoms with E-state index in [1.165, 1.54) is 39.2 Å². The molecule has 5 heteroatoms. The molecule has 0 aromatic heterocycles. The van der Waals surface area contributed by atoms with Crippen molar-refractivity contribution in [3.63, 3.8) is 0 Å². The number of rotatable bonds is 5. The number of benzene rings is 3. The van der Waals surface area contributed by atoms with Crippen LogP contribution in [0.3, 0.4) is 0 Å². The quantitative estimate of drug-likeness (QED) is 0.425. The summed E-state index contributed by atoms with van der Waals surface area (Å²) in [7, 11) is 3.42. The van der Waals surface area contributed by atoms with Crippen molar-refractivity contribution in [2.45, 2.75) is 46.1 Å². The summed E-state index contributed by atoms with van der Waals surface area (Å²) < 4.78 is 17.4. The first kappa shape index (κ1) is 24.4. The van der Waals surface area contributed by atoms with Gasteiger partial charge in [-0.15, -0.1) is 0 Å². The highest BCUT2D eigenvalue weighted by molar-refractivity contribution is 5.72. The Hall–Kier alpha value is -3.34. The van der Waals surface area contributed by atoms with Gasteiger partial charge in [0.2, 0.25) is 0 Å². The molecule has 2 aliphatic heterocycles. The zero-order valence-corrected chi connectivity index (χ0v) is 22.6. The predicted octanol–water partition coefficient (Wildman–Crippen LogP) is 6.26. The molecule has 2 heterocycles. The fourth-order valence-corrected chi connectivity index (χ4v) is 6.10. The molecule has 0 N–H and O–H groups in total. The van der Waals surface area contributed by atoms with Crippen LogP contribution in [0.2, 0.25) is 0 Å². The van der Waals surface area contributed by atoms with Crippen LogP contribution in [0.15, 0.2) is 48.5 Å². The van der Waals surface area contributed by atoms with Gasteiger partial charge in [-0.2, -0.15) is 0 Å². The summed E-state index contributed by atoms with van der Waals surface area (Å²) in [5, 5.41) is 0. The molecule has 0 radical (unpaired) electrons. The van der Waals surface area contributed by atoms with Gasteiger partial charge < -0.3 is 24.0 Å². The first-order chi connectivity index (χ1) is 17.2. The summed E-state index contributed by atoms with van der Waals surface area (Å²) in [5.74, 6) is 3.00. The van der Waals surface area contributed by atoms with E-state index in [1.807, 2.05) is 12.1 Å². The number of piperazine rings is 1. The van der Waals surface area contributed by atoms with E-state index >= 15 is 0 Å². The Morgan fingerprint density at radius 2 is 1.25 bits per heavy atom. The van der Waals surface area contributed by atoms with Crippen molar-refractivity contribution in [3.05, 3.63) is 76.3 Å². The standard InChI is InChI=1S/C31H38N2O3/c1-20-21(2)30-27(28(31(4,5)36-30)23-8-12-25(34-6)13-9-23)22(3)29(20)33-18-16-32(17-19-33)24-10-14-26(35-7)15-11-24/h8-15,28H,16-19H2,1-7H3. The van der Waals surface area contributed by atoms with E-state index in [9.17, 15) is 0 Å². The lowest BCUT2D eigenvalue weighted by atomic mass is 9.78. The minimum atomic E-state index is -0.329. The Balaban J connectivity index is 1.48. The molecular formula is C31H38N2O3. The number of nitrogens with zero attached hydrogens (tertiary/aromatic N) is 2. The van der Waals surface area contributed by atoms with Crippen molar-refractivity contribution in [1.29, 1.82) is 0 Å². The molecule has 1 fully saturated rings. The number of fused-ring (bicyclic) bond motifs is 1. The lowest BCUT2D eigenvalue weighted by molar-refractivity contribution is 0.121. The molecule has 5 nitrogen and oxygen atoms in total. The molecule has 3 aromatic rings. The second-order valence-electron chi connectivity index (χ2n) is 10.6. The Labute approximate surface area is 215 Å². The molecule has 1 unspecified atom stereocenters. The topological polar surface area (TPSA) is 34.2 Å². The maximum atomic E-state index is 6.68. The number of anilines is 2. The van der Waals surface area contributed by atoms with Gasteiger partial charge in [-0.1, -0.05) is 12.1 Å². The van der Waals surface area contributed by atoms with Gasteiger partial charge in [0, 0.05) is 43.1 Å². The predicted molar refractivity (Wildman–Crippen MR) is 148 cm³/mol. The van der Waals surface area contributed by atoms with E-state index in [-0.39, 0.29) is 11.5 Å². The fourth-order valence-electron chi connectivity index (χ4n) is 6.10. The lowest BCUT2D eigenvalue weighted by Gasteiger charge is -2.39. The summed E-state index contributed by atoms with van der Waals surface area (Å²) in [4.78, 5) is 5.04. The Morgan fingerprint density at radius 1 is 0.722 bits per heavy atom. The van der Waals surface area contributed by atoms with Crippen LogP contribution < -0.4 is 24.0 Å². The van der Waals surface area contributed by atoms with Crippen LogP contribution in [-0.4, -0.2) is 46.0 Å². The summed E-state index contributed by atoms with van der Waals surface area (Å²) in [6.45, 7) is 15.1. The molecule has 5 rings (SSSR count). The van der Waals surface area contributed by atoms with Gasteiger partial charge >= 0.3 is 0 Å². The molecule has 1 saturated heterocycles. The molecular weight excluding hydrogens is 448 g/mol. The Morgan fingerprint density at radius 3 is 1.81 bits per heavy atom. The number of hydrogen-bond acceptors (Lipinski definition) is 5. The van der Waals surface area contributed by atoms with Crippen molar-refractivity contribution < 1.29 is 14.2 Å². The maximum Gasteiger partial charge on any atom is 0.127 e. The highest BCUT2D eigenvalue weighted by Crippen LogP contribution is 2.54. The van der Waals surface area contributed by atoms with Crippen LogP contribution in [0.25, 0.3) is 0 Å². The van der Waals surface area contributed by atoms with Crippen molar-refractivity contribution in [2.75, 3.05) is 50.2 Å². The Bertz CT molecular complexity index is 1240. The third-order valence-electron chi connectivity index (χ3n) is 8.09. The van der Waals surface area contributed by atoms with Crippen molar-refractivity contribution in [1.82, 2.24) is 0 Å². The van der Waals surface area contributed by atoms with Gasteiger partial charge in [0.1, 0.15) is 22.8 Å². The third-order valence-corrected chi connectivity index (χ3v) is 8.09. The molecule has 3 aromatic carbocycles. The monoisotopic (exact) mass is 486 g/mol. The average molecular weight is 487 g/mol. The number of ether oxygens (including phenoxy) is 3. The minimum Gasteiger partial charge on any atom is -0.497 e. The molecule has 0 bridgehead atoms. The molecule has 0 saturated carbocycles. The van der Waals surface area contributed by atoms with Gasteiger partial charge in [-0.3, -0.25) is 0 Å². The summed E-state index contributed by atoms with van der Waals surface area (Å²) >= 11 is 0. The summed E-state index contributed by atoms with van der Waals surface area (Å²) in [6.07, 6.45) is 0. The van der Waals surface area contributed by atoms with E-state index in [1.54, 1.807) is 14.2 Å². The highest BCUT2D eigenvalue weighted by Gasteiger charge is 2.45. The third kappa shape index (κ3) is 4.04. The van der Waals surface area contributed by atoms with E-state index in [0.29, 0.717) is 0 Å². The van der Waals surface area contributed by atoms with E-state index < -0.39 is 0 Å². The highest BCUT2D eigenvalue weighted by atomic mass is 16.5. The van der Waals surface area contributed by atoms with E-state index in [2.05, 4.69) is 80.8 Å². The van der Waals surface area contributed by atoms with Gasteiger partial charge in [0.15, 0.2) is 0 Å². The molecule has 0 amide bonds. The lowest BCUT2D eigenvalue weighted by Crippen LogP contribution is -2.47. The zero-order valence-electron chi connectivity index (χ0n) is 22.6. The van der Waals surface area contributed by atoms with Gasteiger partial charge in [-0.25, -0.2) is 0 Å². The van der Waals surface area contributed by atoms with Crippen LogP contribution in [0.4, 0.5) is 11.4 Å². The van der Waals surface area contributed by atoms with Crippen molar-refractivity contribution in [3.8, 4) is 17.2 Å². The number of hydrogen-bond donors (Lipinski definition) is 0. The van der Waals surface area contributed by atoms with Gasteiger partial charge in [0.05, 0.1) is 20.1 Å². The van der Waals surface area contributed by atoms with Crippen LogP contribution in [-0.2, 0) is 0 Å². The van der Waals surface area contributed by atoms with Gasteiger partial charge in [0.25, 0.3) is 0 Å². The molecule has 0 aliphatic carbocycles. The van der Waals surface area contributed by atoms with Crippen LogP contribution in [0.1, 0.15) is 47.6 Å². The first-order valence-corrected chi connectivity index (χ1v) is 12.9. The maximum absolute atomic E-state index is 6.68.